The second kappa shape index (κ2) is 8.55. The number of nitro benzene ring substituents is 1. The molecular formula is C26H21FN2O5. The van der Waals surface area contributed by atoms with Gasteiger partial charge in [-0.15, -0.1) is 0 Å². The van der Waals surface area contributed by atoms with Gasteiger partial charge in [0.05, 0.1) is 21.7 Å². The van der Waals surface area contributed by atoms with Crippen molar-refractivity contribution in [3.8, 4) is 5.75 Å². The van der Waals surface area contributed by atoms with Crippen LogP contribution in [0.4, 0.5) is 15.8 Å². The van der Waals surface area contributed by atoms with Crippen LogP contribution in [0.25, 0.3) is 5.57 Å². The number of non-ortho nitro benzene ring substituents is 1. The van der Waals surface area contributed by atoms with E-state index in [1.54, 1.807) is 23.1 Å². The van der Waals surface area contributed by atoms with E-state index in [1.165, 1.54) is 48.5 Å². The third-order valence-corrected chi connectivity index (χ3v) is 5.60. The maximum absolute atomic E-state index is 13.4. The van der Waals surface area contributed by atoms with Crippen molar-refractivity contribution in [1.82, 2.24) is 0 Å². The summed E-state index contributed by atoms with van der Waals surface area (Å²) in [5.41, 5.74) is 1.99. The summed E-state index contributed by atoms with van der Waals surface area (Å²) >= 11 is 0. The lowest BCUT2D eigenvalue weighted by Crippen LogP contribution is -2.49. The van der Waals surface area contributed by atoms with E-state index in [9.17, 15) is 24.1 Å². The van der Waals surface area contributed by atoms with Gasteiger partial charge in [-0.1, -0.05) is 6.08 Å². The number of benzene rings is 3. The fourth-order valence-corrected chi connectivity index (χ4v) is 4.05. The predicted octanol–water partition coefficient (Wildman–Crippen LogP) is 5.80. The van der Waals surface area contributed by atoms with E-state index < -0.39 is 22.2 Å². The highest BCUT2D eigenvalue weighted by Gasteiger charge is 2.36. The molecule has 0 aromatic heterocycles. The number of nitro groups is 1. The van der Waals surface area contributed by atoms with Crippen LogP contribution >= 0.6 is 0 Å². The summed E-state index contributed by atoms with van der Waals surface area (Å²) in [5, 5.41) is 10.8. The van der Waals surface area contributed by atoms with Crippen molar-refractivity contribution >= 4 is 28.8 Å². The molecule has 172 valence electrons. The van der Waals surface area contributed by atoms with Crippen molar-refractivity contribution in [3.63, 3.8) is 0 Å². The molecule has 0 radical (unpaired) electrons. The highest BCUT2D eigenvalue weighted by Crippen LogP contribution is 2.41. The van der Waals surface area contributed by atoms with Gasteiger partial charge >= 0.3 is 5.97 Å². The Labute approximate surface area is 195 Å². The smallest absolute Gasteiger partial charge is 0.343 e. The van der Waals surface area contributed by atoms with E-state index >= 15 is 0 Å². The number of fused-ring (bicyclic) bond motifs is 1. The average Bonchev–Trinajstić information content (AvgIpc) is 2.79. The van der Waals surface area contributed by atoms with Gasteiger partial charge in [-0.2, -0.15) is 0 Å². The lowest BCUT2D eigenvalue weighted by atomic mass is 9.88. The van der Waals surface area contributed by atoms with Gasteiger partial charge in [0, 0.05) is 23.3 Å². The Hall–Kier alpha value is -4.33. The van der Waals surface area contributed by atoms with Gasteiger partial charge in [0.25, 0.3) is 11.6 Å². The van der Waals surface area contributed by atoms with Gasteiger partial charge in [-0.3, -0.25) is 19.8 Å². The first-order valence-corrected chi connectivity index (χ1v) is 10.5. The monoisotopic (exact) mass is 460 g/mol. The van der Waals surface area contributed by atoms with Crippen LogP contribution < -0.4 is 9.64 Å². The SMILES string of the molecule is CC1=CC(C)(C)N(C(=O)c2ccc(F)cc2)c2ccc(OC(=O)c3ccc([N+](=O)[O-])cc3)cc21. The summed E-state index contributed by atoms with van der Waals surface area (Å²) in [7, 11) is 0. The molecule has 3 aromatic carbocycles. The summed E-state index contributed by atoms with van der Waals surface area (Å²) in [5.74, 6) is -1.11. The largest absolute Gasteiger partial charge is 0.423 e. The molecule has 0 unspecified atom stereocenters. The molecule has 1 heterocycles. The van der Waals surface area contributed by atoms with Crippen LogP contribution in [0.2, 0.25) is 0 Å². The van der Waals surface area contributed by atoms with Gasteiger partial charge in [0.2, 0.25) is 0 Å². The third kappa shape index (κ3) is 4.30. The number of carbonyl (C=O) groups is 2. The molecular weight excluding hydrogens is 439 g/mol. The highest BCUT2D eigenvalue weighted by atomic mass is 19.1. The molecule has 0 saturated carbocycles. The second-order valence-electron chi connectivity index (χ2n) is 8.50. The molecule has 0 atom stereocenters. The summed E-state index contributed by atoms with van der Waals surface area (Å²) in [6.45, 7) is 5.72. The lowest BCUT2D eigenvalue weighted by Gasteiger charge is -2.41. The molecule has 1 aliphatic rings. The number of ether oxygens (including phenoxy) is 1. The van der Waals surface area contributed by atoms with Crippen molar-refractivity contribution in [2.24, 2.45) is 0 Å². The summed E-state index contributed by atoms with van der Waals surface area (Å²) < 4.78 is 18.8. The van der Waals surface area contributed by atoms with Crippen LogP contribution in [-0.4, -0.2) is 22.3 Å². The van der Waals surface area contributed by atoms with E-state index in [4.69, 9.17) is 4.74 Å². The topological polar surface area (TPSA) is 89.8 Å². The normalized spacial score (nSPS) is 14.1. The van der Waals surface area contributed by atoms with Crippen molar-refractivity contribution < 1.29 is 23.6 Å². The van der Waals surface area contributed by atoms with E-state index in [0.717, 1.165) is 5.57 Å². The molecule has 3 aromatic rings. The van der Waals surface area contributed by atoms with Crippen LogP contribution in [0.5, 0.6) is 5.75 Å². The number of esters is 1. The summed E-state index contributed by atoms with van der Waals surface area (Å²) in [6.07, 6.45) is 1.94. The minimum Gasteiger partial charge on any atom is -0.423 e. The zero-order valence-electron chi connectivity index (χ0n) is 18.7. The Morgan fingerprint density at radius 3 is 2.21 bits per heavy atom. The van der Waals surface area contributed by atoms with Gasteiger partial charge in [0.15, 0.2) is 0 Å². The maximum Gasteiger partial charge on any atom is 0.343 e. The fraction of sp³-hybridized carbons (Fsp3) is 0.154. The molecule has 34 heavy (non-hydrogen) atoms. The molecule has 4 rings (SSSR count). The Bertz CT molecular complexity index is 1330. The van der Waals surface area contributed by atoms with Crippen molar-refractivity contribution in [1.29, 1.82) is 0 Å². The third-order valence-electron chi connectivity index (χ3n) is 5.60. The van der Waals surface area contributed by atoms with Gasteiger partial charge in [0.1, 0.15) is 11.6 Å². The molecule has 0 aliphatic carbocycles. The van der Waals surface area contributed by atoms with Crippen LogP contribution in [-0.2, 0) is 0 Å². The molecule has 0 bridgehead atoms. The Kier molecular flexibility index (Phi) is 5.75. The van der Waals surface area contributed by atoms with E-state index in [1.807, 2.05) is 26.8 Å². The molecule has 1 amide bonds. The van der Waals surface area contributed by atoms with Crippen LogP contribution in [0, 0.1) is 15.9 Å². The number of hydrogen-bond donors (Lipinski definition) is 0. The molecule has 0 N–H and O–H groups in total. The van der Waals surface area contributed by atoms with Crippen molar-refractivity contribution in [2.75, 3.05) is 4.90 Å². The van der Waals surface area contributed by atoms with E-state index in [0.29, 0.717) is 16.8 Å². The van der Waals surface area contributed by atoms with E-state index in [2.05, 4.69) is 0 Å². The number of halogens is 1. The van der Waals surface area contributed by atoms with Gasteiger partial charge in [-0.05, 0) is 80.9 Å². The number of allylic oxidation sites excluding steroid dienone is 1. The Morgan fingerprint density at radius 2 is 1.59 bits per heavy atom. The zero-order chi connectivity index (χ0) is 24.6. The number of hydrogen-bond acceptors (Lipinski definition) is 5. The van der Waals surface area contributed by atoms with E-state index in [-0.39, 0.29) is 22.9 Å². The first-order chi connectivity index (χ1) is 16.1. The minimum atomic E-state index is -0.660. The number of nitrogens with zero attached hydrogens (tertiary/aromatic N) is 2. The zero-order valence-corrected chi connectivity index (χ0v) is 18.7. The first kappa shape index (κ1) is 22.8. The van der Waals surface area contributed by atoms with Crippen LogP contribution in [0.15, 0.2) is 72.8 Å². The summed E-state index contributed by atoms with van der Waals surface area (Å²) in [6, 6.07) is 15.5. The molecule has 0 saturated heterocycles. The number of rotatable bonds is 4. The lowest BCUT2D eigenvalue weighted by molar-refractivity contribution is -0.384. The Morgan fingerprint density at radius 1 is 0.971 bits per heavy atom. The van der Waals surface area contributed by atoms with Crippen molar-refractivity contribution in [2.45, 2.75) is 26.3 Å². The second-order valence-corrected chi connectivity index (χ2v) is 8.50. The minimum absolute atomic E-state index is 0.125. The van der Waals surface area contributed by atoms with Gasteiger partial charge < -0.3 is 4.74 Å². The Balaban J connectivity index is 1.65. The van der Waals surface area contributed by atoms with Crippen LogP contribution in [0.3, 0.4) is 0 Å². The van der Waals surface area contributed by atoms with Crippen molar-refractivity contribution in [3.05, 3.63) is 105 Å². The standard InChI is InChI=1S/C26H21FN2O5/c1-16-15-26(2,3)28(24(30)17-4-8-19(27)9-5-17)23-13-12-21(14-22(16)23)34-25(31)18-6-10-20(11-7-18)29(32)33/h4-15H,1-3H3. The molecule has 8 heteroatoms. The number of anilines is 1. The quantitative estimate of drug-likeness (QED) is 0.213. The average molecular weight is 460 g/mol. The van der Waals surface area contributed by atoms with Gasteiger partial charge in [-0.25, -0.2) is 9.18 Å². The number of carbonyl (C=O) groups excluding carboxylic acids is 2. The summed E-state index contributed by atoms with van der Waals surface area (Å²) in [4.78, 5) is 37.8. The first-order valence-electron chi connectivity index (χ1n) is 10.5. The molecule has 0 fully saturated rings. The molecule has 1 aliphatic heterocycles. The molecule has 0 spiro atoms. The number of amides is 1. The van der Waals surface area contributed by atoms with Crippen LogP contribution in [0.1, 0.15) is 47.1 Å². The molecule has 7 nitrogen and oxygen atoms in total. The predicted molar refractivity (Wildman–Crippen MR) is 125 cm³/mol. The fourth-order valence-electron chi connectivity index (χ4n) is 4.05. The maximum atomic E-state index is 13.4. The highest BCUT2D eigenvalue weighted by molar-refractivity contribution is 6.10.